The number of aryl methyl sites for hydroxylation is 1. The Labute approximate surface area is 230 Å². The number of fused-ring (bicyclic) bond motifs is 1. The average Bonchev–Trinajstić information content (AvgIpc) is 3.27. The number of hydrogen-bond donors (Lipinski definition) is 2. The number of carbonyl (C=O) groups excluding carboxylic acids is 3. The second-order valence-electron chi connectivity index (χ2n) is 11.0. The normalized spacial score (nSPS) is 17.1. The van der Waals surface area contributed by atoms with Gasteiger partial charge in [-0.3, -0.25) is 14.3 Å². The third-order valence-corrected chi connectivity index (χ3v) is 7.09. The maximum absolute atomic E-state index is 13.0. The minimum Gasteiger partial charge on any atom is -0.461 e. The van der Waals surface area contributed by atoms with Gasteiger partial charge in [0.25, 0.3) is 11.8 Å². The van der Waals surface area contributed by atoms with E-state index in [0.717, 1.165) is 37.3 Å². The van der Waals surface area contributed by atoms with Gasteiger partial charge in [-0.25, -0.2) is 4.79 Å². The highest BCUT2D eigenvalue weighted by Crippen LogP contribution is 2.25. The van der Waals surface area contributed by atoms with E-state index in [1.807, 2.05) is 30.4 Å². The van der Waals surface area contributed by atoms with Crippen molar-refractivity contribution in [1.82, 2.24) is 25.3 Å². The van der Waals surface area contributed by atoms with Gasteiger partial charge in [-0.1, -0.05) is 20.8 Å². The van der Waals surface area contributed by atoms with Crippen molar-refractivity contribution in [1.29, 1.82) is 0 Å². The van der Waals surface area contributed by atoms with Crippen LogP contribution in [0.1, 0.15) is 76.1 Å². The molecule has 2 aliphatic heterocycles. The molecule has 10 nitrogen and oxygen atoms in total. The fraction of sp³-hybridized carbons (Fsp3) is 0.586. The zero-order valence-corrected chi connectivity index (χ0v) is 23.4. The molecule has 0 unspecified atom stereocenters. The third kappa shape index (κ3) is 7.45. The van der Waals surface area contributed by atoms with E-state index in [0.29, 0.717) is 68.9 Å². The molecule has 2 amide bonds. The predicted octanol–water partition coefficient (Wildman–Crippen LogP) is 2.46. The van der Waals surface area contributed by atoms with Gasteiger partial charge in [-0.05, 0) is 49.9 Å². The maximum atomic E-state index is 13.0. The lowest BCUT2D eigenvalue weighted by atomic mass is 9.94. The summed E-state index contributed by atoms with van der Waals surface area (Å²) >= 11 is 0. The highest BCUT2D eigenvalue weighted by molar-refractivity contribution is 5.97. The van der Waals surface area contributed by atoms with Gasteiger partial charge in [-0.15, -0.1) is 0 Å². The molecule has 10 heteroatoms. The Morgan fingerprint density at radius 3 is 2.46 bits per heavy atom. The number of rotatable bonds is 7. The Bertz CT molecular complexity index is 1150. The Balaban J connectivity index is 1.41. The molecule has 2 N–H and O–H groups in total. The van der Waals surface area contributed by atoms with Crippen LogP contribution in [0.25, 0.3) is 0 Å². The van der Waals surface area contributed by atoms with Gasteiger partial charge >= 0.3 is 5.97 Å². The van der Waals surface area contributed by atoms with Crippen molar-refractivity contribution >= 4 is 17.8 Å². The molecule has 0 saturated carbocycles. The van der Waals surface area contributed by atoms with Gasteiger partial charge < -0.3 is 25.0 Å². The molecule has 4 rings (SSSR count). The van der Waals surface area contributed by atoms with Crippen molar-refractivity contribution in [3.05, 3.63) is 52.3 Å². The summed E-state index contributed by atoms with van der Waals surface area (Å²) in [6.07, 6.45) is 2.92. The van der Waals surface area contributed by atoms with Gasteiger partial charge in [0.1, 0.15) is 0 Å². The Hall–Kier alpha value is -3.24. The molecular weight excluding hydrogens is 498 g/mol. The first-order valence-corrected chi connectivity index (χ1v) is 14.0. The van der Waals surface area contributed by atoms with E-state index in [1.54, 1.807) is 24.3 Å². The van der Waals surface area contributed by atoms with E-state index >= 15 is 0 Å². The van der Waals surface area contributed by atoms with Crippen LogP contribution in [0, 0.1) is 5.41 Å². The monoisotopic (exact) mass is 539 g/mol. The number of aromatic nitrogens is 2. The van der Waals surface area contributed by atoms with Gasteiger partial charge in [0.2, 0.25) is 0 Å². The van der Waals surface area contributed by atoms with E-state index in [2.05, 4.69) is 10.6 Å². The van der Waals surface area contributed by atoms with E-state index in [9.17, 15) is 14.4 Å². The molecule has 1 saturated heterocycles. The summed E-state index contributed by atoms with van der Waals surface area (Å²) in [5.74, 6) is -0.548. The largest absolute Gasteiger partial charge is 0.461 e. The van der Waals surface area contributed by atoms with Crippen LogP contribution in [-0.2, 0) is 28.9 Å². The number of carbonyl (C=O) groups is 3. The summed E-state index contributed by atoms with van der Waals surface area (Å²) in [5.41, 5.74) is 2.89. The lowest BCUT2D eigenvalue weighted by molar-refractivity contribution is 0.0304. The van der Waals surface area contributed by atoms with E-state index in [1.165, 1.54) is 0 Å². The van der Waals surface area contributed by atoms with Gasteiger partial charge in [0.05, 0.1) is 29.1 Å². The Kier molecular flexibility index (Phi) is 9.74. The molecule has 1 aromatic heterocycles. The maximum Gasteiger partial charge on any atom is 0.338 e. The number of ether oxygens (including phenoxy) is 2. The zero-order valence-electron chi connectivity index (χ0n) is 23.4. The Morgan fingerprint density at radius 1 is 1.05 bits per heavy atom. The van der Waals surface area contributed by atoms with Crippen LogP contribution in [0.5, 0.6) is 0 Å². The number of nitrogens with one attached hydrogen (secondary N) is 2. The highest BCUT2D eigenvalue weighted by Gasteiger charge is 2.28. The van der Waals surface area contributed by atoms with Gasteiger partial charge in [-0.2, -0.15) is 5.10 Å². The van der Waals surface area contributed by atoms with E-state index in [-0.39, 0.29) is 18.4 Å². The van der Waals surface area contributed by atoms with Crippen molar-refractivity contribution in [3.8, 4) is 0 Å². The first kappa shape index (κ1) is 28.8. The average molecular weight is 540 g/mol. The molecule has 2 aromatic rings. The van der Waals surface area contributed by atoms with Crippen LogP contribution in [0.15, 0.2) is 24.3 Å². The van der Waals surface area contributed by atoms with Crippen LogP contribution in [-0.4, -0.2) is 85.0 Å². The molecule has 3 heterocycles. The second kappa shape index (κ2) is 13.2. The topological polar surface area (TPSA) is 115 Å². The number of amides is 2. The fourth-order valence-electron chi connectivity index (χ4n) is 4.95. The molecule has 0 radical (unpaired) electrons. The summed E-state index contributed by atoms with van der Waals surface area (Å²) in [4.78, 5) is 40.4. The van der Waals surface area contributed by atoms with Crippen molar-refractivity contribution in [2.75, 3.05) is 52.5 Å². The molecule has 0 bridgehead atoms. The number of esters is 1. The first-order chi connectivity index (χ1) is 18.8. The zero-order chi connectivity index (χ0) is 27.8. The third-order valence-electron chi connectivity index (χ3n) is 7.09. The minimum atomic E-state index is -0.435. The van der Waals surface area contributed by atoms with Crippen molar-refractivity contribution in [2.45, 2.75) is 53.0 Å². The summed E-state index contributed by atoms with van der Waals surface area (Å²) < 4.78 is 13.3. The molecule has 1 aromatic carbocycles. The SMILES string of the molecule is CCc1nn(CC(C)(C)COC(=O)c2ccc(C(=O)N3CCNCC3)cc2)c2c1C(=O)NCCCOCCC2. The quantitative estimate of drug-likeness (QED) is 0.520. The van der Waals surface area contributed by atoms with Crippen molar-refractivity contribution in [3.63, 3.8) is 0 Å². The van der Waals surface area contributed by atoms with Crippen molar-refractivity contribution < 1.29 is 23.9 Å². The van der Waals surface area contributed by atoms with Crippen LogP contribution in [0.2, 0.25) is 0 Å². The summed E-state index contributed by atoms with van der Waals surface area (Å²) in [6.45, 7) is 11.5. The van der Waals surface area contributed by atoms with Crippen LogP contribution < -0.4 is 10.6 Å². The van der Waals surface area contributed by atoms with Gasteiger partial charge in [0, 0.05) is 63.5 Å². The van der Waals surface area contributed by atoms with Crippen LogP contribution in [0.3, 0.4) is 0 Å². The molecule has 0 aliphatic carbocycles. The smallest absolute Gasteiger partial charge is 0.338 e. The number of hydrogen-bond acceptors (Lipinski definition) is 7. The number of piperazine rings is 1. The summed E-state index contributed by atoms with van der Waals surface area (Å²) in [7, 11) is 0. The standard InChI is InChI=1S/C29H41N5O5/c1-4-23-25-24(7-5-17-38-18-6-12-31-26(25)35)34(32-23)19-29(2,3)20-39-28(37)22-10-8-21(9-11-22)27(36)33-15-13-30-14-16-33/h8-11,30H,4-7,12-20H2,1-3H3,(H,31,35). The lowest BCUT2D eigenvalue weighted by Crippen LogP contribution is -2.46. The lowest BCUT2D eigenvalue weighted by Gasteiger charge is -2.27. The molecule has 0 atom stereocenters. The minimum absolute atomic E-state index is 0.0275. The fourth-order valence-corrected chi connectivity index (χ4v) is 4.95. The molecule has 1 fully saturated rings. The summed E-state index contributed by atoms with van der Waals surface area (Å²) in [5, 5.41) is 11.0. The van der Waals surface area contributed by atoms with Crippen LogP contribution in [0.4, 0.5) is 0 Å². The molecular formula is C29H41N5O5. The molecule has 212 valence electrons. The van der Waals surface area contributed by atoms with Crippen LogP contribution >= 0.6 is 0 Å². The highest BCUT2D eigenvalue weighted by atomic mass is 16.5. The number of nitrogens with zero attached hydrogens (tertiary/aromatic N) is 3. The first-order valence-electron chi connectivity index (χ1n) is 14.0. The molecule has 2 aliphatic rings. The Morgan fingerprint density at radius 2 is 1.74 bits per heavy atom. The van der Waals surface area contributed by atoms with E-state index in [4.69, 9.17) is 14.6 Å². The van der Waals surface area contributed by atoms with E-state index < -0.39 is 11.4 Å². The molecule has 39 heavy (non-hydrogen) atoms. The predicted molar refractivity (Wildman–Crippen MR) is 147 cm³/mol. The molecule has 0 spiro atoms. The second-order valence-corrected chi connectivity index (χ2v) is 11.0. The van der Waals surface area contributed by atoms with Crippen molar-refractivity contribution in [2.24, 2.45) is 5.41 Å². The van der Waals surface area contributed by atoms with Gasteiger partial charge in [0.15, 0.2) is 0 Å². The summed E-state index contributed by atoms with van der Waals surface area (Å²) in [6, 6.07) is 6.65. The number of benzene rings is 1.